The summed E-state index contributed by atoms with van der Waals surface area (Å²) in [7, 11) is 1.87. The van der Waals surface area contributed by atoms with Gasteiger partial charge in [-0.2, -0.15) is 5.10 Å². The standard InChI is InChI=1S/C25H29FN6O/c1-14-7-19(23(33)9-18(14)15-10-29-31(2)13-15)21-11-28-24(12-27-21)32(17-4-5-17)22-8-16-3-6-20(30-16)25(22)26/h7,9-13,16-17,20,22,25,30,33H,3-6,8H2,1-2H3/t16?,20?,22-,25+/m1/s1. The molecule has 1 aromatic carbocycles. The number of alkyl halides is 1. The third-order valence-corrected chi connectivity index (χ3v) is 7.39. The van der Waals surface area contributed by atoms with Crippen LogP contribution in [0.25, 0.3) is 22.4 Å². The van der Waals surface area contributed by atoms with Gasteiger partial charge in [-0.25, -0.2) is 9.37 Å². The van der Waals surface area contributed by atoms with Crippen molar-refractivity contribution < 1.29 is 9.50 Å². The molecule has 172 valence electrons. The summed E-state index contributed by atoms with van der Waals surface area (Å²) in [6, 6.07) is 4.25. The Labute approximate surface area is 192 Å². The zero-order valence-electron chi connectivity index (χ0n) is 18.9. The number of aryl methyl sites for hydroxylation is 2. The topological polar surface area (TPSA) is 79.1 Å². The SMILES string of the molecule is Cc1cc(-c2cnc(N(C3CC3)[C@@H]3CC4CCC(N4)[C@@H]3F)cn2)c(O)cc1-c1cnn(C)c1. The van der Waals surface area contributed by atoms with Crippen molar-refractivity contribution in [2.45, 2.75) is 69.4 Å². The number of hydrogen-bond acceptors (Lipinski definition) is 6. The number of phenols is 1. The van der Waals surface area contributed by atoms with Crippen molar-refractivity contribution >= 4 is 5.82 Å². The van der Waals surface area contributed by atoms with Crippen molar-refractivity contribution in [3.8, 4) is 28.1 Å². The van der Waals surface area contributed by atoms with Crippen molar-refractivity contribution in [3.05, 3.63) is 42.5 Å². The van der Waals surface area contributed by atoms with Crippen LogP contribution in [0.2, 0.25) is 0 Å². The highest BCUT2D eigenvalue weighted by atomic mass is 19.1. The minimum Gasteiger partial charge on any atom is -0.507 e. The highest BCUT2D eigenvalue weighted by molar-refractivity contribution is 5.76. The molecule has 4 heterocycles. The Morgan fingerprint density at radius 2 is 1.94 bits per heavy atom. The van der Waals surface area contributed by atoms with Crippen LogP contribution in [0.1, 0.15) is 37.7 Å². The number of nitrogens with zero attached hydrogens (tertiary/aromatic N) is 5. The predicted octanol–water partition coefficient (Wildman–Crippen LogP) is 3.76. The van der Waals surface area contributed by atoms with Crippen LogP contribution in [0.5, 0.6) is 5.75 Å². The summed E-state index contributed by atoms with van der Waals surface area (Å²) >= 11 is 0. The summed E-state index contributed by atoms with van der Waals surface area (Å²) < 4.78 is 17.0. The van der Waals surface area contributed by atoms with E-state index in [1.54, 1.807) is 29.3 Å². The minimum atomic E-state index is -0.891. The lowest BCUT2D eigenvalue weighted by molar-refractivity contribution is 0.171. The van der Waals surface area contributed by atoms with Crippen LogP contribution < -0.4 is 10.2 Å². The van der Waals surface area contributed by atoms with Gasteiger partial charge in [0, 0.05) is 42.5 Å². The summed E-state index contributed by atoms with van der Waals surface area (Å²) in [5, 5.41) is 18.4. The van der Waals surface area contributed by atoms with Gasteiger partial charge in [-0.05, 0) is 62.3 Å². The molecule has 2 saturated heterocycles. The number of anilines is 1. The van der Waals surface area contributed by atoms with Gasteiger partial charge in [0.05, 0.1) is 30.3 Å². The molecule has 2 bridgehead atoms. The Hall–Kier alpha value is -3.00. The molecule has 0 spiro atoms. The molecule has 4 atom stereocenters. The molecule has 8 heteroatoms. The molecule has 3 aliphatic rings. The van der Waals surface area contributed by atoms with Crippen LogP contribution in [-0.4, -0.2) is 55.2 Å². The van der Waals surface area contributed by atoms with E-state index in [4.69, 9.17) is 4.98 Å². The molecule has 6 rings (SSSR count). The van der Waals surface area contributed by atoms with Gasteiger partial charge in [0.2, 0.25) is 0 Å². The summed E-state index contributed by atoms with van der Waals surface area (Å²) in [6.45, 7) is 2.01. The maximum absolute atomic E-state index is 15.3. The molecule has 7 nitrogen and oxygen atoms in total. The van der Waals surface area contributed by atoms with Gasteiger partial charge in [-0.15, -0.1) is 0 Å². The number of fused-ring (bicyclic) bond motifs is 2. The first kappa shape index (κ1) is 20.6. The van der Waals surface area contributed by atoms with E-state index in [1.807, 2.05) is 26.2 Å². The third-order valence-electron chi connectivity index (χ3n) is 7.39. The van der Waals surface area contributed by atoms with Gasteiger partial charge in [0.15, 0.2) is 0 Å². The normalized spacial score (nSPS) is 26.5. The molecule has 0 radical (unpaired) electrons. The van der Waals surface area contributed by atoms with Crippen LogP contribution in [0.3, 0.4) is 0 Å². The van der Waals surface area contributed by atoms with E-state index in [1.165, 1.54) is 0 Å². The molecular weight excluding hydrogens is 419 g/mol. The van der Waals surface area contributed by atoms with Crippen molar-refractivity contribution in [1.29, 1.82) is 0 Å². The average Bonchev–Trinajstić information content (AvgIpc) is 3.41. The zero-order valence-corrected chi connectivity index (χ0v) is 18.9. The molecule has 0 amide bonds. The van der Waals surface area contributed by atoms with Gasteiger partial charge < -0.3 is 15.3 Å². The van der Waals surface area contributed by atoms with Gasteiger partial charge in [0.25, 0.3) is 0 Å². The first-order valence-corrected chi connectivity index (χ1v) is 11.8. The van der Waals surface area contributed by atoms with E-state index in [9.17, 15) is 5.11 Å². The van der Waals surface area contributed by atoms with Crippen molar-refractivity contribution in [2.75, 3.05) is 4.90 Å². The van der Waals surface area contributed by atoms with Gasteiger partial charge in [-0.3, -0.25) is 9.67 Å². The second kappa shape index (κ2) is 7.80. The van der Waals surface area contributed by atoms with Crippen molar-refractivity contribution in [2.24, 2.45) is 7.05 Å². The first-order chi connectivity index (χ1) is 16.0. The highest BCUT2D eigenvalue weighted by Crippen LogP contribution is 2.40. The van der Waals surface area contributed by atoms with Crippen LogP contribution in [0, 0.1) is 6.92 Å². The average molecular weight is 449 g/mol. The number of nitrogens with one attached hydrogen (secondary N) is 1. The van der Waals surface area contributed by atoms with Gasteiger partial charge in [-0.1, -0.05) is 0 Å². The Balaban J connectivity index is 1.29. The molecule has 2 unspecified atom stereocenters. The number of phenolic OH excluding ortho intramolecular Hbond substituents is 1. The molecule has 33 heavy (non-hydrogen) atoms. The summed E-state index contributed by atoms with van der Waals surface area (Å²) in [5.74, 6) is 0.887. The smallest absolute Gasteiger partial charge is 0.147 e. The number of aromatic nitrogens is 4. The van der Waals surface area contributed by atoms with Crippen molar-refractivity contribution in [3.63, 3.8) is 0 Å². The largest absolute Gasteiger partial charge is 0.507 e. The molecule has 2 aromatic heterocycles. The van der Waals surface area contributed by atoms with Gasteiger partial charge in [0.1, 0.15) is 17.7 Å². The second-order valence-electron chi connectivity index (χ2n) is 9.78. The van der Waals surface area contributed by atoms with Crippen LogP contribution in [-0.2, 0) is 7.05 Å². The summed E-state index contributed by atoms with van der Waals surface area (Å²) in [5.41, 5.74) is 4.15. The maximum atomic E-state index is 15.3. The van der Waals surface area contributed by atoms with E-state index in [-0.39, 0.29) is 17.8 Å². The fourth-order valence-corrected chi connectivity index (χ4v) is 5.59. The molecule has 3 aromatic rings. The number of hydrogen-bond donors (Lipinski definition) is 2. The molecule has 1 aliphatic carbocycles. The molecule has 3 fully saturated rings. The molecule has 1 saturated carbocycles. The first-order valence-electron chi connectivity index (χ1n) is 11.8. The van der Waals surface area contributed by atoms with E-state index in [0.717, 1.165) is 54.6 Å². The van der Waals surface area contributed by atoms with Gasteiger partial charge >= 0.3 is 0 Å². The lowest BCUT2D eigenvalue weighted by Gasteiger charge is -2.41. The molecule has 2 aliphatic heterocycles. The van der Waals surface area contributed by atoms with Crippen LogP contribution in [0.4, 0.5) is 10.2 Å². The summed E-state index contributed by atoms with van der Waals surface area (Å²) in [4.78, 5) is 11.5. The molecular formula is C25H29FN6O. The van der Waals surface area contributed by atoms with Crippen molar-refractivity contribution in [1.82, 2.24) is 25.1 Å². The number of halogens is 1. The Morgan fingerprint density at radius 1 is 1.09 bits per heavy atom. The molecule has 2 N–H and O–H groups in total. The number of piperidine rings is 1. The van der Waals surface area contributed by atoms with E-state index < -0.39 is 6.17 Å². The predicted molar refractivity (Wildman–Crippen MR) is 125 cm³/mol. The Morgan fingerprint density at radius 3 is 2.64 bits per heavy atom. The third kappa shape index (κ3) is 3.66. The Bertz CT molecular complexity index is 1170. The van der Waals surface area contributed by atoms with E-state index in [0.29, 0.717) is 23.3 Å². The van der Waals surface area contributed by atoms with E-state index >= 15 is 4.39 Å². The fraction of sp³-hybridized carbons (Fsp3) is 0.480. The van der Waals surface area contributed by atoms with Crippen LogP contribution >= 0.6 is 0 Å². The Kier molecular flexibility index (Phi) is 4.87. The number of aromatic hydroxyl groups is 1. The van der Waals surface area contributed by atoms with Crippen LogP contribution in [0.15, 0.2) is 36.9 Å². The van der Waals surface area contributed by atoms with E-state index in [2.05, 4.69) is 20.3 Å². The lowest BCUT2D eigenvalue weighted by Crippen LogP contribution is -2.57. The fourth-order valence-electron chi connectivity index (χ4n) is 5.59. The maximum Gasteiger partial charge on any atom is 0.147 e. The second-order valence-corrected chi connectivity index (χ2v) is 9.78. The number of rotatable bonds is 5. The monoisotopic (exact) mass is 448 g/mol. The quantitative estimate of drug-likeness (QED) is 0.619. The zero-order chi connectivity index (χ0) is 22.7. The summed E-state index contributed by atoms with van der Waals surface area (Å²) in [6.07, 6.45) is 11.2. The number of benzene rings is 1. The lowest BCUT2D eigenvalue weighted by atomic mass is 9.96. The highest BCUT2D eigenvalue weighted by Gasteiger charge is 2.48. The minimum absolute atomic E-state index is 0.0412.